The summed E-state index contributed by atoms with van der Waals surface area (Å²) in [6.45, 7) is 8.24. The lowest BCUT2D eigenvalue weighted by Gasteiger charge is -2.15. The maximum atomic E-state index is 11.8. The van der Waals surface area contributed by atoms with Gasteiger partial charge in [-0.05, 0) is 64.1 Å². The van der Waals surface area contributed by atoms with Crippen molar-refractivity contribution in [2.75, 3.05) is 5.75 Å². The molecule has 6 heteroatoms. The largest absolute Gasteiger partial charge is 0.507 e. The van der Waals surface area contributed by atoms with Crippen LogP contribution in [0.4, 0.5) is 0 Å². The molecular formula is C19H25IO4S. The van der Waals surface area contributed by atoms with E-state index < -0.39 is 5.97 Å². The Morgan fingerprint density at radius 2 is 1.96 bits per heavy atom. The Kier molecular flexibility index (Phi) is 9.56. The molecule has 0 spiro atoms. The molecule has 0 atom stereocenters. The number of aromatic hydroxyl groups is 1. The van der Waals surface area contributed by atoms with Crippen LogP contribution in [0.3, 0.4) is 0 Å². The van der Waals surface area contributed by atoms with Crippen LogP contribution in [0.1, 0.15) is 59.8 Å². The topological polar surface area (TPSA) is 63.6 Å². The van der Waals surface area contributed by atoms with Crippen LogP contribution in [-0.2, 0) is 29.0 Å². The maximum absolute atomic E-state index is 11.8. The number of hydrogen-bond donors (Lipinski definition) is 1. The number of hydrogen-bond acceptors (Lipinski definition) is 5. The van der Waals surface area contributed by atoms with Crippen LogP contribution in [0.15, 0.2) is 11.6 Å². The van der Waals surface area contributed by atoms with Crippen molar-refractivity contribution in [1.29, 1.82) is 0 Å². The van der Waals surface area contributed by atoms with E-state index in [-0.39, 0.29) is 17.9 Å². The third-order valence-electron chi connectivity index (χ3n) is 4.24. The van der Waals surface area contributed by atoms with Gasteiger partial charge in [0.25, 0.3) is 0 Å². The van der Waals surface area contributed by atoms with Crippen molar-refractivity contribution in [3.63, 3.8) is 0 Å². The number of aldehydes is 1. The first-order valence-electron chi connectivity index (χ1n) is 8.37. The minimum atomic E-state index is -0.468. The Bertz CT molecular complexity index is 666. The molecule has 1 aliphatic rings. The third-order valence-corrected chi connectivity index (χ3v) is 6.32. The highest BCUT2D eigenvalue weighted by atomic mass is 127. The summed E-state index contributed by atoms with van der Waals surface area (Å²) in [7, 11) is 1.83. The SMILES string of the molecule is CC/C(C=O)=C\Cc1c(O)c2c(c(C)c1CC)COC2=O.CCSI. The average molecular weight is 476 g/mol. The van der Waals surface area contributed by atoms with Gasteiger partial charge in [0.2, 0.25) is 0 Å². The third kappa shape index (κ3) is 5.23. The van der Waals surface area contributed by atoms with Crippen LogP contribution >= 0.6 is 30.1 Å². The Hall–Kier alpha value is -1.02. The van der Waals surface area contributed by atoms with Gasteiger partial charge in [-0.25, -0.2) is 4.79 Å². The Morgan fingerprint density at radius 3 is 2.44 bits per heavy atom. The number of benzene rings is 1. The van der Waals surface area contributed by atoms with Gasteiger partial charge in [0.15, 0.2) is 0 Å². The fourth-order valence-electron chi connectivity index (χ4n) is 2.85. The number of esters is 1. The Labute approximate surface area is 166 Å². The normalized spacial score (nSPS) is 13.0. The molecule has 0 radical (unpaired) electrons. The van der Waals surface area contributed by atoms with Crippen molar-refractivity contribution >= 4 is 42.4 Å². The number of cyclic esters (lactones) is 1. The van der Waals surface area contributed by atoms with Crippen molar-refractivity contribution in [2.24, 2.45) is 0 Å². The fraction of sp³-hybridized carbons (Fsp3) is 0.474. The number of halogens is 1. The second-order valence-corrected chi connectivity index (χ2v) is 8.23. The minimum Gasteiger partial charge on any atom is -0.507 e. The number of rotatable bonds is 6. The summed E-state index contributed by atoms with van der Waals surface area (Å²) in [5, 5.41) is 10.5. The van der Waals surface area contributed by atoms with Crippen LogP contribution in [-0.4, -0.2) is 23.1 Å². The van der Waals surface area contributed by atoms with E-state index in [1.54, 1.807) is 0 Å². The second kappa shape index (κ2) is 10.9. The second-order valence-electron chi connectivity index (χ2n) is 5.57. The molecule has 0 aromatic heterocycles. The highest BCUT2D eigenvalue weighted by Crippen LogP contribution is 2.38. The summed E-state index contributed by atoms with van der Waals surface area (Å²) in [4.78, 5) is 22.7. The van der Waals surface area contributed by atoms with Gasteiger partial charge in [0, 0.05) is 16.9 Å². The van der Waals surface area contributed by atoms with Gasteiger partial charge >= 0.3 is 5.97 Å². The summed E-state index contributed by atoms with van der Waals surface area (Å²) in [6, 6.07) is 0. The molecule has 25 heavy (non-hydrogen) atoms. The molecule has 138 valence electrons. The monoisotopic (exact) mass is 476 g/mol. The Balaban J connectivity index is 0.000000705. The highest BCUT2D eigenvalue weighted by Gasteiger charge is 2.30. The molecule has 1 heterocycles. The number of fused-ring (bicyclic) bond motifs is 1. The molecule has 0 amide bonds. The van der Waals surface area contributed by atoms with E-state index in [2.05, 4.69) is 28.1 Å². The average Bonchev–Trinajstić information content (AvgIpc) is 3.02. The van der Waals surface area contributed by atoms with Gasteiger partial charge < -0.3 is 9.84 Å². The van der Waals surface area contributed by atoms with E-state index in [0.29, 0.717) is 18.4 Å². The Morgan fingerprint density at radius 1 is 1.32 bits per heavy atom. The number of phenolic OH excluding ortho intramolecular Hbond substituents is 1. The molecule has 0 saturated carbocycles. The van der Waals surface area contributed by atoms with Crippen molar-refractivity contribution in [3.8, 4) is 5.75 Å². The minimum absolute atomic E-state index is 0.00699. The zero-order chi connectivity index (χ0) is 19.0. The molecule has 2 rings (SSSR count). The smallest absolute Gasteiger partial charge is 0.342 e. The summed E-state index contributed by atoms with van der Waals surface area (Å²) in [5.41, 5.74) is 4.52. The number of carbonyl (C=O) groups is 2. The molecule has 4 nitrogen and oxygen atoms in total. The van der Waals surface area contributed by atoms with Crippen LogP contribution in [0.5, 0.6) is 5.75 Å². The molecule has 1 aromatic rings. The molecule has 0 unspecified atom stereocenters. The molecule has 1 aliphatic heterocycles. The quantitative estimate of drug-likeness (QED) is 0.268. The maximum Gasteiger partial charge on any atom is 0.342 e. The molecule has 0 saturated heterocycles. The van der Waals surface area contributed by atoms with Gasteiger partial charge in [-0.1, -0.05) is 35.8 Å². The van der Waals surface area contributed by atoms with Crippen LogP contribution in [0.2, 0.25) is 0 Å². The first-order chi connectivity index (χ1) is 12.0. The molecule has 0 aliphatic carbocycles. The van der Waals surface area contributed by atoms with E-state index in [4.69, 9.17) is 4.74 Å². The molecule has 1 aromatic carbocycles. The van der Waals surface area contributed by atoms with Gasteiger partial charge in [0.05, 0.1) is 0 Å². The van der Waals surface area contributed by atoms with E-state index in [0.717, 1.165) is 35.0 Å². The zero-order valence-corrected chi connectivity index (χ0v) is 18.1. The van der Waals surface area contributed by atoms with E-state index in [1.807, 2.05) is 35.8 Å². The van der Waals surface area contributed by atoms with E-state index in [9.17, 15) is 14.7 Å². The summed E-state index contributed by atoms with van der Waals surface area (Å²) >= 11 is 2.27. The summed E-state index contributed by atoms with van der Waals surface area (Å²) in [6.07, 6.45) is 4.49. The predicted octanol–water partition coefficient (Wildman–Crippen LogP) is 5.10. The standard InChI is InChI=1S/C17H20O4.C2H5IS/c1-4-11(8-18)6-7-13-12(5-2)10(3)14-9-21-17(20)15(14)16(13)19;1-2-4-3/h6,8,19H,4-5,7,9H2,1-3H3;2H2,1H3/b11-6+;. The number of phenols is 1. The van der Waals surface area contributed by atoms with Crippen molar-refractivity contribution < 1.29 is 19.4 Å². The lowest BCUT2D eigenvalue weighted by Crippen LogP contribution is -2.04. The lowest BCUT2D eigenvalue weighted by atomic mass is 9.89. The highest BCUT2D eigenvalue weighted by molar-refractivity contribution is 14.2. The first-order valence-corrected chi connectivity index (χ1v) is 11.9. The molecule has 1 N–H and O–H groups in total. The van der Waals surface area contributed by atoms with Gasteiger partial charge in [-0.3, -0.25) is 4.79 Å². The zero-order valence-electron chi connectivity index (χ0n) is 15.1. The summed E-state index contributed by atoms with van der Waals surface area (Å²) < 4.78 is 5.04. The van der Waals surface area contributed by atoms with Crippen LogP contribution in [0, 0.1) is 6.92 Å². The van der Waals surface area contributed by atoms with Crippen LogP contribution < -0.4 is 0 Å². The van der Waals surface area contributed by atoms with Gasteiger partial charge in [-0.15, -0.1) is 0 Å². The molecule has 0 bridgehead atoms. The lowest BCUT2D eigenvalue weighted by molar-refractivity contribution is -0.105. The number of carbonyl (C=O) groups excluding carboxylic acids is 2. The molecule has 0 fully saturated rings. The van der Waals surface area contributed by atoms with Crippen molar-refractivity contribution in [1.82, 2.24) is 0 Å². The fourth-order valence-corrected chi connectivity index (χ4v) is 2.85. The van der Waals surface area contributed by atoms with E-state index in [1.165, 1.54) is 5.75 Å². The number of ether oxygens (including phenoxy) is 1. The van der Waals surface area contributed by atoms with Crippen LogP contribution in [0.25, 0.3) is 0 Å². The van der Waals surface area contributed by atoms with E-state index >= 15 is 0 Å². The number of allylic oxidation sites excluding steroid dienone is 2. The molecular weight excluding hydrogens is 451 g/mol. The summed E-state index contributed by atoms with van der Waals surface area (Å²) in [5.74, 6) is 0.762. The van der Waals surface area contributed by atoms with Crippen molar-refractivity contribution in [2.45, 2.75) is 53.6 Å². The first kappa shape index (κ1) is 22.0. The predicted molar refractivity (Wildman–Crippen MR) is 112 cm³/mol. The van der Waals surface area contributed by atoms with Crippen molar-refractivity contribution in [3.05, 3.63) is 39.5 Å². The van der Waals surface area contributed by atoms with Gasteiger partial charge in [0.1, 0.15) is 24.2 Å². The van der Waals surface area contributed by atoms with Gasteiger partial charge in [-0.2, -0.15) is 0 Å².